The fraction of sp³-hybridized carbons (Fsp3) is 0.227. The average molecular weight is 513 g/mol. The van der Waals surface area contributed by atoms with E-state index in [0.29, 0.717) is 23.9 Å². The predicted octanol–water partition coefficient (Wildman–Crippen LogP) is 2.18. The Labute approximate surface area is 205 Å². The molecule has 1 saturated heterocycles. The molecule has 2 N–H and O–H groups in total. The molecule has 1 amide bonds. The van der Waals surface area contributed by atoms with Gasteiger partial charge >= 0.3 is 5.97 Å². The number of carboxylic acid groups (broad SMARTS) is 1. The highest BCUT2D eigenvalue weighted by atomic mass is 32.2. The molecule has 1 aliphatic rings. The van der Waals surface area contributed by atoms with Crippen molar-refractivity contribution < 1.29 is 23.1 Å². The first-order valence-electron chi connectivity index (χ1n) is 10.4. The van der Waals surface area contributed by atoms with Crippen LogP contribution in [0, 0.1) is 18.3 Å². The normalized spacial score (nSPS) is 14.3. The lowest BCUT2D eigenvalue weighted by Gasteiger charge is -2.33. The van der Waals surface area contributed by atoms with Gasteiger partial charge in [0.05, 0.1) is 32.7 Å². The number of nitrogens with zero attached hydrogens (tertiary/aromatic N) is 5. The Morgan fingerprint density at radius 2 is 1.83 bits per heavy atom. The summed E-state index contributed by atoms with van der Waals surface area (Å²) in [5, 5.41) is 20.9. The number of hydrogen-bond donors (Lipinski definition) is 2. The second kappa shape index (κ2) is 9.79. The number of benzene rings is 1. The number of aromatic nitrogens is 2. The number of thiophene rings is 1. The van der Waals surface area contributed by atoms with Gasteiger partial charge in [-0.3, -0.25) is 4.79 Å². The van der Waals surface area contributed by atoms with Gasteiger partial charge in [0, 0.05) is 43.4 Å². The first-order valence-corrected chi connectivity index (χ1v) is 12.7. The summed E-state index contributed by atoms with van der Waals surface area (Å²) in [5.74, 6) is -1.40. The van der Waals surface area contributed by atoms with Crippen molar-refractivity contribution in [3.05, 3.63) is 63.6 Å². The van der Waals surface area contributed by atoms with Crippen molar-refractivity contribution in [1.82, 2.24) is 14.3 Å². The van der Waals surface area contributed by atoms with Crippen LogP contribution in [0.25, 0.3) is 0 Å². The van der Waals surface area contributed by atoms with Crippen LogP contribution in [-0.2, 0) is 10.0 Å². The minimum Gasteiger partial charge on any atom is -0.478 e. The van der Waals surface area contributed by atoms with Crippen molar-refractivity contribution in [2.45, 2.75) is 11.8 Å². The van der Waals surface area contributed by atoms with E-state index in [4.69, 9.17) is 5.26 Å². The van der Waals surface area contributed by atoms with Gasteiger partial charge in [0.2, 0.25) is 16.0 Å². The Morgan fingerprint density at radius 1 is 1.14 bits per heavy atom. The highest BCUT2D eigenvalue weighted by Crippen LogP contribution is 2.30. The number of carboxylic acids is 1. The fourth-order valence-corrected chi connectivity index (χ4v) is 6.52. The Balaban J connectivity index is 1.51. The van der Waals surface area contributed by atoms with Crippen LogP contribution in [0.15, 0.2) is 47.6 Å². The van der Waals surface area contributed by atoms with Gasteiger partial charge < -0.3 is 15.3 Å². The number of hydrogen-bond acceptors (Lipinski definition) is 9. The third kappa shape index (κ3) is 4.99. The summed E-state index contributed by atoms with van der Waals surface area (Å²) in [5.41, 5.74) is -0.0883. The molecule has 180 valence electrons. The summed E-state index contributed by atoms with van der Waals surface area (Å²) >= 11 is 1.00. The van der Waals surface area contributed by atoms with Crippen LogP contribution >= 0.6 is 11.3 Å². The van der Waals surface area contributed by atoms with E-state index in [9.17, 15) is 23.1 Å². The number of rotatable bonds is 6. The first-order chi connectivity index (χ1) is 16.7. The number of sulfonamides is 1. The van der Waals surface area contributed by atoms with Gasteiger partial charge in [-0.1, -0.05) is 0 Å². The molecule has 0 atom stereocenters. The van der Waals surface area contributed by atoms with E-state index >= 15 is 0 Å². The number of anilines is 2. The maximum Gasteiger partial charge on any atom is 0.337 e. The van der Waals surface area contributed by atoms with Crippen molar-refractivity contribution in [3.63, 3.8) is 0 Å². The monoisotopic (exact) mass is 512 g/mol. The molecule has 3 heterocycles. The zero-order chi connectivity index (χ0) is 25.2. The first kappa shape index (κ1) is 24.3. The van der Waals surface area contributed by atoms with Gasteiger partial charge in [0.1, 0.15) is 0 Å². The molecule has 3 aromatic rings. The molecular weight excluding hydrogens is 492 g/mol. The highest BCUT2D eigenvalue weighted by Gasteiger charge is 2.32. The molecular formula is C22H20N6O5S2. The number of piperazine rings is 1. The van der Waals surface area contributed by atoms with Crippen LogP contribution in [0.4, 0.5) is 11.6 Å². The van der Waals surface area contributed by atoms with Gasteiger partial charge in [0.15, 0.2) is 0 Å². The van der Waals surface area contributed by atoms with Crippen molar-refractivity contribution >= 4 is 44.9 Å². The Bertz CT molecular complexity index is 1420. The number of amides is 1. The molecule has 0 saturated carbocycles. The van der Waals surface area contributed by atoms with E-state index in [1.807, 2.05) is 11.0 Å². The lowest BCUT2D eigenvalue weighted by atomic mass is 10.1. The number of carbonyl (C=O) groups excluding carboxylic acids is 1. The summed E-state index contributed by atoms with van der Waals surface area (Å²) in [6.07, 6.45) is 3.26. The van der Waals surface area contributed by atoms with E-state index in [0.717, 1.165) is 17.4 Å². The van der Waals surface area contributed by atoms with E-state index in [-0.39, 0.29) is 39.7 Å². The molecule has 0 spiro atoms. The van der Waals surface area contributed by atoms with Crippen LogP contribution in [0.1, 0.15) is 30.5 Å². The van der Waals surface area contributed by atoms with Crippen LogP contribution in [0.2, 0.25) is 0 Å². The molecule has 1 aliphatic heterocycles. The second-order valence-corrected chi connectivity index (χ2v) is 10.8. The number of nitriles is 1. The largest absolute Gasteiger partial charge is 0.478 e. The average Bonchev–Trinajstić information content (AvgIpc) is 3.27. The standard InChI is InChI=1S/C22H20N6O5S2/c1-14-19(35(32,33)28-9-7-27(8-10-28)22-24-5-2-6-25-22)12-18(34-14)20(29)26-17-4-3-15(13-23)11-16(17)21(30)31/h2-6,11-12H,7-10H2,1H3,(H,26,29)(H,30,31). The summed E-state index contributed by atoms with van der Waals surface area (Å²) in [6, 6.07) is 8.74. The van der Waals surface area contributed by atoms with E-state index in [1.165, 1.54) is 22.5 Å². The Morgan fingerprint density at radius 3 is 2.46 bits per heavy atom. The zero-order valence-electron chi connectivity index (χ0n) is 18.5. The lowest BCUT2D eigenvalue weighted by molar-refractivity contribution is 0.0698. The maximum atomic E-state index is 13.3. The minimum absolute atomic E-state index is 0.0104. The van der Waals surface area contributed by atoms with Gasteiger partial charge in [-0.25, -0.2) is 23.2 Å². The minimum atomic E-state index is -3.85. The number of nitrogens with one attached hydrogen (secondary N) is 1. The lowest BCUT2D eigenvalue weighted by Crippen LogP contribution is -2.49. The second-order valence-electron chi connectivity index (χ2n) is 7.60. The van der Waals surface area contributed by atoms with E-state index in [1.54, 1.807) is 25.4 Å². The maximum absolute atomic E-state index is 13.3. The summed E-state index contributed by atoms with van der Waals surface area (Å²) in [4.78, 5) is 35.3. The highest BCUT2D eigenvalue weighted by molar-refractivity contribution is 7.89. The fourth-order valence-electron chi connectivity index (χ4n) is 3.64. The molecule has 0 unspecified atom stereocenters. The third-order valence-electron chi connectivity index (χ3n) is 5.41. The summed E-state index contributed by atoms with van der Waals surface area (Å²) in [6.45, 7) is 2.95. The van der Waals surface area contributed by atoms with Crippen LogP contribution in [0.3, 0.4) is 0 Å². The SMILES string of the molecule is Cc1sc(C(=O)Nc2ccc(C#N)cc2C(=O)O)cc1S(=O)(=O)N1CCN(c2ncccn2)CC1. The molecule has 0 radical (unpaired) electrons. The van der Waals surface area contributed by atoms with Crippen molar-refractivity contribution in [2.75, 3.05) is 36.4 Å². The smallest absolute Gasteiger partial charge is 0.337 e. The molecule has 13 heteroatoms. The number of aromatic carboxylic acids is 1. The zero-order valence-corrected chi connectivity index (χ0v) is 20.1. The number of carbonyl (C=O) groups is 2. The third-order valence-corrected chi connectivity index (χ3v) is 8.62. The molecule has 1 aromatic carbocycles. The van der Waals surface area contributed by atoms with Gasteiger partial charge in [-0.15, -0.1) is 11.3 Å². The molecule has 0 aliphatic carbocycles. The Kier molecular flexibility index (Phi) is 6.79. The summed E-state index contributed by atoms with van der Waals surface area (Å²) in [7, 11) is -3.85. The topological polar surface area (TPSA) is 157 Å². The van der Waals surface area contributed by atoms with Gasteiger partial charge in [-0.05, 0) is 37.3 Å². The quantitative estimate of drug-likeness (QED) is 0.505. The summed E-state index contributed by atoms with van der Waals surface area (Å²) < 4.78 is 28.0. The Hall–Kier alpha value is -3.86. The van der Waals surface area contributed by atoms with E-state index < -0.39 is 21.9 Å². The van der Waals surface area contributed by atoms with Crippen molar-refractivity contribution in [2.24, 2.45) is 0 Å². The van der Waals surface area contributed by atoms with Crippen molar-refractivity contribution in [3.8, 4) is 6.07 Å². The van der Waals surface area contributed by atoms with Crippen LogP contribution < -0.4 is 10.2 Å². The number of aryl methyl sites for hydroxylation is 1. The van der Waals surface area contributed by atoms with Gasteiger partial charge in [0.25, 0.3) is 5.91 Å². The molecule has 35 heavy (non-hydrogen) atoms. The van der Waals surface area contributed by atoms with Gasteiger partial charge in [-0.2, -0.15) is 9.57 Å². The molecule has 2 aromatic heterocycles. The molecule has 11 nitrogen and oxygen atoms in total. The molecule has 1 fully saturated rings. The van der Waals surface area contributed by atoms with E-state index in [2.05, 4.69) is 15.3 Å². The van der Waals surface area contributed by atoms with Crippen molar-refractivity contribution in [1.29, 1.82) is 5.26 Å². The molecule has 0 bridgehead atoms. The van der Waals surface area contributed by atoms with Crippen LogP contribution in [-0.4, -0.2) is 65.9 Å². The van der Waals surface area contributed by atoms with Crippen LogP contribution in [0.5, 0.6) is 0 Å². The molecule has 4 rings (SSSR count). The predicted molar refractivity (Wildman–Crippen MR) is 128 cm³/mol.